The van der Waals surface area contributed by atoms with Crippen LogP contribution in [0.5, 0.6) is 5.75 Å². The van der Waals surface area contributed by atoms with Crippen LogP contribution in [0.4, 0.5) is 0 Å². The highest BCUT2D eigenvalue weighted by Gasteiger charge is 2.34. The van der Waals surface area contributed by atoms with Crippen LogP contribution in [0.1, 0.15) is 30.9 Å². The van der Waals surface area contributed by atoms with Crippen LogP contribution in [0.15, 0.2) is 52.2 Å². The van der Waals surface area contributed by atoms with Gasteiger partial charge in [0, 0.05) is 36.5 Å². The molecule has 34 heavy (non-hydrogen) atoms. The van der Waals surface area contributed by atoms with Crippen molar-refractivity contribution in [2.45, 2.75) is 29.5 Å². The van der Waals surface area contributed by atoms with Gasteiger partial charge in [-0.3, -0.25) is 9.78 Å². The van der Waals surface area contributed by atoms with Crippen LogP contribution in [-0.2, 0) is 4.79 Å². The van der Waals surface area contributed by atoms with Crippen molar-refractivity contribution in [3.8, 4) is 5.75 Å². The maximum atomic E-state index is 12.1. The molecule has 1 unspecified atom stereocenters. The Morgan fingerprint density at radius 2 is 2.26 bits per heavy atom. The smallest absolute Gasteiger partial charge is 0.308 e. The van der Waals surface area contributed by atoms with Gasteiger partial charge in [0.25, 0.3) is 0 Å². The van der Waals surface area contributed by atoms with Gasteiger partial charge in [-0.05, 0) is 80.0 Å². The zero-order valence-electron chi connectivity index (χ0n) is 19.8. The van der Waals surface area contributed by atoms with Crippen molar-refractivity contribution < 1.29 is 14.6 Å². The van der Waals surface area contributed by atoms with Gasteiger partial charge in [0.1, 0.15) is 5.75 Å². The van der Waals surface area contributed by atoms with E-state index >= 15 is 0 Å². The molecule has 0 amide bonds. The molecule has 1 aliphatic rings. The molecule has 0 radical (unpaired) electrons. The first-order valence-electron chi connectivity index (χ1n) is 11.8. The summed E-state index contributed by atoms with van der Waals surface area (Å²) in [5, 5.41) is 16.6. The van der Waals surface area contributed by atoms with Crippen LogP contribution in [0.3, 0.4) is 0 Å². The molecule has 3 heterocycles. The lowest BCUT2D eigenvalue weighted by atomic mass is 9.81. The quantitative estimate of drug-likeness (QED) is 0.353. The number of rotatable bonds is 11. The monoisotopic (exact) mass is 499 g/mol. The summed E-state index contributed by atoms with van der Waals surface area (Å²) in [6.07, 6.45) is 4.55. The summed E-state index contributed by atoms with van der Waals surface area (Å²) < 4.78 is 6.75. The highest BCUT2D eigenvalue weighted by molar-refractivity contribution is 8.01. The fourth-order valence-electron chi connectivity index (χ4n) is 4.93. The molecule has 2 N–H and O–H groups in total. The van der Waals surface area contributed by atoms with Gasteiger partial charge in [0.15, 0.2) is 0 Å². The minimum Gasteiger partial charge on any atom is -0.497 e. The van der Waals surface area contributed by atoms with E-state index in [-0.39, 0.29) is 17.9 Å². The Kier molecular flexibility index (Phi) is 8.83. The van der Waals surface area contributed by atoms with Crippen molar-refractivity contribution in [3.05, 3.63) is 53.5 Å². The minimum absolute atomic E-state index is 0.132. The number of thioether (sulfide) groups is 1. The molecule has 3 atom stereocenters. The summed E-state index contributed by atoms with van der Waals surface area (Å²) in [5.41, 5.74) is 2.12. The van der Waals surface area contributed by atoms with E-state index in [1.54, 1.807) is 18.4 Å². The van der Waals surface area contributed by atoms with Crippen molar-refractivity contribution in [2.24, 2.45) is 11.8 Å². The second-order valence-corrected chi connectivity index (χ2v) is 11.1. The molecule has 1 fully saturated rings. The average molecular weight is 500 g/mol. The van der Waals surface area contributed by atoms with E-state index in [9.17, 15) is 9.90 Å². The van der Waals surface area contributed by atoms with Crippen LogP contribution in [-0.4, -0.2) is 60.5 Å². The Labute approximate surface area is 209 Å². The molecule has 1 aliphatic heterocycles. The van der Waals surface area contributed by atoms with Crippen molar-refractivity contribution >= 4 is 40.0 Å². The molecule has 0 bridgehead atoms. The van der Waals surface area contributed by atoms with Gasteiger partial charge in [-0.25, -0.2) is 0 Å². The standard InChI is InChI=1S/C26H33N3O3S2/c1-27-23(20-9-11-28-24-8-6-19(32-2)16-21(20)24)7-5-18-10-12-29(17-22(18)26(30)31)13-15-34-25-4-3-14-33-25/h3-4,6,8-9,11,14,16,18,22-23,27H,5,7,10,12-13,15,17H2,1-2H3,(H,30,31)/t18-,22+,23?/m1/s1. The zero-order chi connectivity index (χ0) is 23.9. The summed E-state index contributed by atoms with van der Waals surface area (Å²) >= 11 is 3.62. The summed E-state index contributed by atoms with van der Waals surface area (Å²) in [5.74, 6) is 1.02. The number of hydrogen-bond acceptors (Lipinski definition) is 7. The normalized spacial score (nSPS) is 19.8. The third-order valence-electron chi connectivity index (χ3n) is 6.84. The maximum absolute atomic E-state index is 12.1. The van der Waals surface area contributed by atoms with Crippen LogP contribution < -0.4 is 10.1 Å². The van der Waals surface area contributed by atoms with Crippen LogP contribution >= 0.6 is 23.1 Å². The van der Waals surface area contributed by atoms with Crippen molar-refractivity contribution in [1.29, 1.82) is 0 Å². The molecule has 1 saturated heterocycles. The number of pyridine rings is 1. The zero-order valence-corrected chi connectivity index (χ0v) is 21.4. The number of fused-ring (bicyclic) bond motifs is 1. The number of carbonyl (C=O) groups is 1. The number of carboxylic acid groups (broad SMARTS) is 1. The molecule has 4 rings (SSSR count). The molecule has 0 spiro atoms. The summed E-state index contributed by atoms with van der Waals surface area (Å²) in [7, 11) is 3.64. The second kappa shape index (κ2) is 12.0. The number of aromatic nitrogens is 1. The van der Waals surface area contributed by atoms with Gasteiger partial charge < -0.3 is 20.1 Å². The Balaban J connectivity index is 1.38. The molecular weight excluding hydrogens is 466 g/mol. The van der Waals surface area contributed by atoms with Gasteiger partial charge in [-0.1, -0.05) is 6.07 Å². The lowest BCUT2D eigenvalue weighted by Crippen LogP contribution is -2.44. The van der Waals surface area contributed by atoms with Gasteiger partial charge >= 0.3 is 5.97 Å². The molecule has 8 heteroatoms. The van der Waals surface area contributed by atoms with Crippen LogP contribution in [0, 0.1) is 11.8 Å². The highest BCUT2D eigenvalue weighted by Crippen LogP contribution is 2.34. The summed E-state index contributed by atoms with van der Waals surface area (Å²) in [6, 6.07) is 12.4. The maximum Gasteiger partial charge on any atom is 0.308 e. The van der Waals surface area contributed by atoms with Crippen molar-refractivity contribution in [2.75, 3.05) is 39.5 Å². The number of hydrogen-bond donors (Lipinski definition) is 2. The highest BCUT2D eigenvalue weighted by atomic mass is 32.2. The summed E-state index contributed by atoms with van der Waals surface area (Å²) in [6.45, 7) is 2.55. The lowest BCUT2D eigenvalue weighted by Gasteiger charge is -2.37. The van der Waals surface area contributed by atoms with E-state index in [1.807, 2.05) is 43.2 Å². The van der Waals surface area contributed by atoms with Gasteiger partial charge in [-0.15, -0.1) is 23.1 Å². The predicted molar refractivity (Wildman–Crippen MR) is 140 cm³/mol. The Morgan fingerprint density at radius 3 is 3.00 bits per heavy atom. The number of piperidine rings is 1. The molecule has 1 aromatic carbocycles. The van der Waals surface area contributed by atoms with Gasteiger partial charge in [0.2, 0.25) is 0 Å². The van der Waals surface area contributed by atoms with Crippen LogP contribution in [0.2, 0.25) is 0 Å². The number of nitrogens with one attached hydrogen (secondary N) is 1. The Morgan fingerprint density at radius 1 is 1.38 bits per heavy atom. The van der Waals surface area contributed by atoms with E-state index in [1.165, 1.54) is 9.77 Å². The molecule has 2 aromatic heterocycles. The third-order valence-corrected chi connectivity index (χ3v) is 8.95. The number of thiophene rings is 1. The van der Waals surface area contributed by atoms with Crippen molar-refractivity contribution in [3.63, 3.8) is 0 Å². The van der Waals surface area contributed by atoms with E-state index in [2.05, 4.69) is 38.8 Å². The fraction of sp³-hybridized carbons (Fsp3) is 0.462. The summed E-state index contributed by atoms with van der Waals surface area (Å²) in [4.78, 5) is 19.0. The van der Waals surface area contributed by atoms with E-state index in [4.69, 9.17) is 4.74 Å². The van der Waals surface area contributed by atoms with E-state index < -0.39 is 5.97 Å². The van der Waals surface area contributed by atoms with E-state index in [0.29, 0.717) is 6.54 Å². The first-order chi connectivity index (χ1) is 16.6. The minimum atomic E-state index is -0.666. The van der Waals surface area contributed by atoms with E-state index in [0.717, 1.165) is 54.8 Å². The van der Waals surface area contributed by atoms with Crippen molar-refractivity contribution in [1.82, 2.24) is 15.2 Å². The average Bonchev–Trinajstić information content (AvgIpc) is 3.38. The molecule has 0 saturated carbocycles. The molecule has 182 valence electrons. The van der Waals surface area contributed by atoms with Gasteiger partial charge in [-0.2, -0.15) is 0 Å². The Hall–Kier alpha value is -2.13. The molecule has 0 aliphatic carbocycles. The second-order valence-electron chi connectivity index (χ2n) is 8.78. The first kappa shape index (κ1) is 25.0. The largest absolute Gasteiger partial charge is 0.497 e. The number of ether oxygens (including phenoxy) is 1. The van der Waals surface area contributed by atoms with Crippen LogP contribution in [0.25, 0.3) is 10.9 Å². The number of benzene rings is 1. The number of methoxy groups -OCH3 is 1. The predicted octanol–water partition coefficient (Wildman–Crippen LogP) is 5.16. The molecule has 3 aromatic rings. The number of nitrogens with zero attached hydrogens (tertiary/aromatic N) is 2. The first-order valence-corrected chi connectivity index (χ1v) is 13.7. The number of carboxylic acids is 1. The third kappa shape index (κ3) is 6.10. The topological polar surface area (TPSA) is 74.7 Å². The lowest BCUT2D eigenvalue weighted by molar-refractivity contribution is -0.146. The van der Waals surface area contributed by atoms with Gasteiger partial charge in [0.05, 0.1) is 22.8 Å². The number of aliphatic carboxylic acids is 1. The fourth-order valence-corrected chi connectivity index (χ4v) is 6.79. The SMILES string of the molecule is CNC(CC[C@@H]1CCN(CCSc2cccs2)C[C@@H]1C(=O)O)c1ccnc2ccc(OC)cc12. The Bertz CT molecular complexity index is 1080. The molecular formula is C26H33N3O3S2. The molecule has 6 nitrogen and oxygen atoms in total. The number of likely N-dealkylation sites (tertiary alicyclic amines) is 1.